The zero-order valence-electron chi connectivity index (χ0n) is 11.6. The van der Waals surface area contributed by atoms with Crippen molar-refractivity contribution in [1.82, 2.24) is 19.9 Å². The van der Waals surface area contributed by atoms with Gasteiger partial charge in [-0.3, -0.25) is 0 Å². The summed E-state index contributed by atoms with van der Waals surface area (Å²) in [6.07, 6.45) is 0. The van der Waals surface area contributed by atoms with Gasteiger partial charge in [-0.1, -0.05) is 46.4 Å². The molecule has 2 heterocycles. The van der Waals surface area contributed by atoms with Gasteiger partial charge >= 0.3 is 0 Å². The molecule has 8 heteroatoms. The highest BCUT2D eigenvalue weighted by atomic mass is 35.5. The van der Waals surface area contributed by atoms with Crippen LogP contribution in [0.15, 0.2) is 24.3 Å². The van der Waals surface area contributed by atoms with Crippen LogP contribution in [-0.4, -0.2) is 19.9 Å². The van der Waals surface area contributed by atoms with Crippen LogP contribution < -0.4 is 0 Å². The molecular weight excluding hydrogens is 390 g/mol. The van der Waals surface area contributed by atoms with E-state index in [9.17, 15) is 0 Å². The zero-order chi connectivity index (χ0) is 16.6. The maximum Gasteiger partial charge on any atom is 0.120 e. The highest BCUT2D eigenvalue weighted by Gasteiger charge is 2.31. The maximum atomic E-state index is 6.05. The Bertz CT molecular complexity index is 1000. The molecule has 0 radical (unpaired) electrons. The van der Waals surface area contributed by atoms with Gasteiger partial charge in [0.25, 0.3) is 0 Å². The third-order valence-corrected chi connectivity index (χ3v) is 5.31. The molecule has 0 N–H and O–H groups in total. The van der Waals surface area contributed by atoms with Crippen molar-refractivity contribution >= 4 is 68.5 Å². The van der Waals surface area contributed by atoms with E-state index < -0.39 is 0 Å². The van der Waals surface area contributed by atoms with Crippen LogP contribution in [0.5, 0.6) is 0 Å². The Hall–Kier alpha value is -1.72. The van der Waals surface area contributed by atoms with Crippen molar-refractivity contribution in [3.8, 4) is 22.8 Å². The first-order valence-corrected chi connectivity index (χ1v) is 8.37. The van der Waals surface area contributed by atoms with Crippen molar-refractivity contribution in [2.24, 2.45) is 0 Å². The molecule has 116 valence electrons. The molecule has 1 aliphatic rings. The average Bonchev–Trinajstić information content (AvgIpc) is 2.55. The minimum atomic E-state index is 0.434. The predicted molar refractivity (Wildman–Crippen MR) is 97.1 cm³/mol. The zero-order valence-corrected chi connectivity index (χ0v) is 14.6. The summed E-state index contributed by atoms with van der Waals surface area (Å²) in [5.74, 6) is 0. The van der Waals surface area contributed by atoms with Crippen LogP contribution in [0.1, 0.15) is 0 Å². The second kappa shape index (κ2) is 4.90. The van der Waals surface area contributed by atoms with Crippen molar-refractivity contribution in [1.29, 1.82) is 0 Å². The lowest BCUT2D eigenvalue weighted by Gasteiger charge is -2.20. The third kappa shape index (κ3) is 1.94. The molecule has 0 atom stereocenters. The van der Waals surface area contributed by atoms with Gasteiger partial charge in [0.2, 0.25) is 0 Å². The normalized spacial score (nSPS) is 12.2. The molecular formula is C16H4Cl4N4. The van der Waals surface area contributed by atoms with Crippen molar-refractivity contribution in [3.05, 3.63) is 44.4 Å². The summed E-state index contributed by atoms with van der Waals surface area (Å²) in [4.78, 5) is 18.3. The monoisotopic (exact) mass is 392 g/mol. The number of benzene rings is 2. The molecule has 0 saturated heterocycles. The molecule has 24 heavy (non-hydrogen) atoms. The fraction of sp³-hybridized carbons (Fsp3) is 0. The van der Waals surface area contributed by atoms with Crippen LogP contribution in [-0.2, 0) is 0 Å². The fourth-order valence-electron chi connectivity index (χ4n) is 2.70. The summed E-state index contributed by atoms with van der Waals surface area (Å²) >= 11 is 24.2. The highest BCUT2D eigenvalue weighted by Crippen LogP contribution is 2.44. The summed E-state index contributed by atoms with van der Waals surface area (Å²) in [5, 5.41) is 1.74. The van der Waals surface area contributed by atoms with Crippen LogP contribution in [0.4, 0.5) is 0 Å². The summed E-state index contributed by atoms with van der Waals surface area (Å²) < 4.78 is 0. The topological polar surface area (TPSA) is 51.6 Å². The highest BCUT2D eigenvalue weighted by molar-refractivity contribution is 6.43. The first-order valence-electron chi connectivity index (χ1n) is 6.85. The molecule has 0 amide bonds. The van der Waals surface area contributed by atoms with Crippen LogP contribution in [0.2, 0.25) is 20.1 Å². The number of hydrogen-bond acceptors (Lipinski definition) is 4. The summed E-state index contributed by atoms with van der Waals surface area (Å²) in [6, 6.07) is 6.76. The Labute approximate surface area is 155 Å². The number of aromatic nitrogens is 4. The Balaban J connectivity index is 1.78. The number of halogens is 4. The Kier molecular flexibility index (Phi) is 2.98. The van der Waals surface area contributed by atoms with E-state index >= 15 is 0 Å². The minimum Gasteiger partial charge on any atom is -0.242 e. The van der Waals surface area contributed by atoms with E-state index in [4.69, 9.17) is 46.4 Å². The van der Waals surface area contributed by atoms with E-state index in [2.05, 4.69) is 19.9 Å². The van der Waals surface area contributed by atoms with Crippen molar-refractivity contribution in [2.75, 3.05) is 0 Å². The van der Waals surface area contributed by atoms with E-state index in [0.717, 1.165) is 0 Å². The van der Waals surface area contributed by atoms with Crippen LogP contribution in [0.25, 0.3) is 44.8 Å². The van der Waals surface area contributed by atoms with Gasteiger partial charge in [0.15, 0.2) is 0 Å². The third-order valence-electron chi connectivity index (χ3n) is 3.86. The first-order chi connectivity index (χ1) is 11.5. The maximum absolute atomic E-state index is 6.05. The average molecular weight is 394 g/mol. The molecule has 0 aliphatic heterocycles. The van der Waals surface area contributed by atoms with Gasteiger partial charge in [0.1, 0.15) is 22.8 Å². The van der Waals surface area contributed by atoms with Gasteiger partial charge in [0.05, 0.1) is 42.2 Å². The first kappa shape index (κ1) is 14.6. The molecule has 1 aliphatic carbocycles. The van der Waals surface area contributed by atoms with Crippen molar-refractivity contribution < 1.29 is 0 Å². The summed E-state index contributed by atoms with van der Waals surface area (Å²) in [6.45, 7) is 0. The molecule has 4 aromatic rings. The van der Waals surface area contributed by atoms with Crippen LogP contribution >= 0.6 is 46.4 Å². The molecule has 0 spiro atoms. The molecule has 2 aromatic carbocycles. The Morgan fingerprint density at radius 3 is 0.833 bits per heavy atom. The van der Waals surface area contributed by atoms with Crippen molar-refractivity contribution in [3.63, 3.8) is 0 Å². The lowest BCUT2D eigenvalue weighted by molar-refractivity contribution is 1.15. The molecule has 0 unspecified atom stereocenters. The van der Waals surface area contributed by atoms with Gasteiger partial charge in [0, 0.05) is 0 Å². The number of nitrogens with zero attached hydrogens (tertiary/aromatic N) is 4. The van der Waals surface area contributed by atoms with Crippen LogP contribution in [0, 0.1) is 0 Å². The van der Waals surface area contributed by atoms with Gasteiger partial charge in [-0.15, -0.1) is 0 Å². The Morgan fingerprint density at radius 2 is 0.625 bits per heavy atom. The minimum absolute atomic E-state index is 0.434. The molecule has 0 bridgehead atoms. The van der Waals surface area contributed by atoms with Crippen molar-refractivity contribution in [2.45, 2.75) is 0 Å². The summed E-state index contributed by atoms with van der Waals surface area (Å²) in [7, 11) is 0. The number of rotatable bonds is 0. The van der Waals surface area contributed by atoms with Gasteiger partial charge in [-0.05, 0) is 24.3 Å². The van der Waals surface area contributed by atoms with Gasteiger partial charge in [-0.2, -0.15) is 0 Å². The molecule has 4 nitrogen and oxygen atoms in total. The van der Waals surface area contributed by atoms with Gasteiger partial charge < -0.3 is 0 Å². The smallest absolute Gasteiger partial charge is 0.120 e. The van der Waals surface area contributed by atoms with Crippen LogP contribution in [0.3, 0.4) is 0 Å². The molecule has 5 rings (SSSR count). The van der Waals surface area contributed by atoms with E-state index in [-0.39, 0.29) is 0 Å². The standard InChI is InChI=1S/C16H4Cl4N4/c17-5-1-9-10(2-6(5)18)22-14-13(21-9)15-16(14)24-12-4-8(20)7(19)3-11(12)23-15/h1-4H. The quantitative estimate of drug-likeness (QED) is 0.332. The fourth-order valence-corrected chi connectivity index (χ4v) is 3.33. The second-order valence-electron chi connectivity index (χ2n) is 5.35. The van der Waals surface area contributed by atoms with E-state index in [1.807, 2.05) is 0 Å². The molecule has 0 fully saturated rings. The molecule has 2 aromatic heterocycles. The predicted octanol–water partition coefficient (Wildman–Crippen LogP) is 5.83. The van der Waals surface area contributed by atoms with E-state index in [0.29, 0.717) is 64.9 Å². The lowest BCUT2D eigenvalue weighted by atomic mass is 9.98. The summed E-state index contributed by atoms with van der Waals surface area (Å²) in [5.41, 5.74) is 5.39. The second-order valence-corrected chi connectivity index (χ2v) is 6.98. The number of fused-ring (bicyclic) bond motifs is 6. The van der Waals surface area contributed by atoms with E-state index in [1.165, 1.54) is 0 Å². The van der Waals surface area contributed by atoms with E-state index in [1.54, 1.807) is 24.3 Å². The SMILES string of the molecule is Clc1cc2nc3c(nc2cc1Cl)-c1nc2cc(Cl)c(Cl)cc2nc1-3. The molecule has 0 saturated carbocycles. The lowest BCUT2D eigenvalue weighted by Crippen LogP contribution is -2.10. The number of hydrogen-bond donors (Lipinski definition) is 0. The largest absolute Gasteiger partial charge is 0.242 e. The van der Waals surface area contributed by atoms with Gasteiger partial charge in [-0.25, -0.2) is 19.9 Å². The Morgan fingerprint density at radius 1 is 0.417 bits per heavy atom.